The van der Waals surface area contributed by atoms with E-state index in [4.69, 9.17) is 4.74 Å². The Morgan fingerprint density at radius 1 is 1.70 bits per heavy atom. The summed E-state index contributed by atoms with van der Waals surface area (Å²) in [6.45, 7) is 4.41. The second-order valence-corrected chi connectivity index (χ2v) is 2.92. The van der Waals surface area contributed by atoms with E-state index in [0.29, 0.717) is 6.61 Å². The maximum atomic E-state index is 9.61. The molecule has 2 atom stereocenters. The Bertz CT molecular complexity index is 138. The number of hydrogen-bond donors (Lipinski definition) is 1. The standard InChI is InChI=1S/C8H14O2/c1-3-4-7-8(2,9)5-6-10-7/h3-4,7,9H,5-6H2,1-2H3/b4-3+/t7-,8+/m1/s1. The zero-order valence-corrected chi connectivity index (χ0v) is 6.50. The van der Waals surface area contributed by atoms with Gasteiger partial charge in [-0.25, -0.2) is 0 Å². The van der Waals surface area contributed by atoms with Crippen molar-refractivity contribution in [2.75, 3.05) is 6.61 Å². The molecule has 0 aliphatic carbocycles. The van der Waals surface area contributed by atoms with Crippen LogP contribution in [0.2, 0.25) is 0 Å². The molecule has 0 unspecified atom stereocenters. The predicted molar refractivity (Wildman–Crippen MR) is 39.8 cm³/mol. The van der Waals surface area contributed by atoms with Crippen LogP contribution >= 0.6 is 0 Å². The van der Waals surface area contributed by atoms with E-state index in [1.165, 1.54) is 0 Å². The molecule has 0 bridgehead atoms. The van der Waals surface area contributed by atoms with Crippen molar-refractivity contribution in [3.05, 3.63) is 12.2 Å². The van der Waals surface area contributed by atoms with Crippen LogP contribution in [-0.2, 0) is 4.74 Å². The quantitative estimate of drug-likeness (QED) is 0.555. The summed E-state index contributed by atoms with van der Waals surface area (Å²) in [7, 11) is 0. The molecule has 1 rings (SSSR count). The first kappa shape index (κ1) is 7.76. The molecular formula is C8H14O2. The van der Waals surface area contributed by atoms with Gasteiger partial charge >= 0.3 is 0 Å². The molecule has 1 N–H and O–H groups in total. The van der Waals surface area contributed by atoms with Gasteiger partial charge in [0, 0.05) is 6.42 Å². The lowest BCUT2D eigenvalue weighted by molar-refractivity contribution is 0.00209. The van der Waals surface area contributed by atoms with E-state index in [1.54, 1.807) is 0 Å². The first-order valence-corrected chi connectivity index (χ1v) is 3.63. The number of hydrogen-bond acceptors (Lipinski definition) is 2. The zero-order chi connectivity index (χ0) is 7.61. The van der Waals surface area contributed by atoms with Crippen LogP contribution in [0.15, 0.2) is 12.2 Å². The maximum Gasteiger partial charge on any atom is 0.104 e. The minimum atomic E-state index is -0.646. The van der Waals surface area contributed by atoms with Crippen LogP contribution in [-0.4, -0.2) is 23.4 Å². The van der Waals surface area contributed by atoms with E-state index in [9.17, 15) is 5.11 Å². The summed E-state index contributed by atoms with van der Waals surface area (Å²) in [5.41, 5.74) is -0.646. The first-order chi connectivity index (χ1) is 4.67. The Labute approximate surface area is 61.5 Å². The average Bonchev–Trinajstić information content (AvgIpc) is 2.13. The van der Waals surface area contributed by atoms with E-state index in [2.05, 4.69) is 0 Å². The summed E-state index contributed by atoms with van der Waals surface area (Å²) >= 11 is 0. The van der Waals surface area contributed by atoms with Gasteiger partial charge in [-0.3, -0.25) is 0 Å². The highest BCUT2D eigenvalue weighted by Gasteiger charge is 2.35. The number of aliphatic hydroxyl groups is 1. The van der Waals surface area contributed by atoms with Crippen molar-refractivity contribution < 1.29 is 9.84 Å². The normalized spacial score (nSPS) is 41.3. The molecule has 1 aliphatic rings. The largest absolute Gasteiger partial charge is 0.387 e. The van der Waals surface area contributed by atoms with E-state index >= 15 is 0 Å². The van der Waals surface area contributed by atoms with E-state index in [-0.39, 0.29) is 6.10 Å². The second-order valence-electron chi connectivity index (χ2n) is 2.92. The molecule has 2 nitrogen and oxygen atoms in total. The van der Waals surface area contributed by atoms with Gasteiger partial charge in [-0.15, -0.1) is 0 Å². The second kappa shape index (κ2) is 2.72. The van der Waals surface area contributed by atoms with Crippen LogP contribution in [0.3, 0.4) is 0 Å². The number of rotatable bonds is 1. The molecule has 0 spiro atoms. The Hall–Kier alpha value is -0.340. The molecule has 1 saturated heterocycles. The summed E-state index contributed by atoms with van der Waals surface area (Å²) in [6.07, 6.45) is 4.44. The van der Waals surface area contributed by atoms with Crippen LogP contribution in [0, 0.1) is 0 Å². The Morgan fingerprint density at radius 2 is 2.40 bits per heavy atom. The van der Waals surface area contributed by atoms with Gasteiger partial charge in [0.05, 0.1) is 12.2 Å². The molecule has 1 heterocycles. The molecule has 1 aliphatic heterocycles. The van der Waals surface area contributed by atoms with Crippen molar-refractivity contribution in [2.24, 2.45) is 0 Å². The molecule has 0 saturated carbocycles. The Morgan fingerprint density at radius 3 is 2.80 bits per heavy atom. The Kier molecular flexibility index (Phi) is 2.11. The number of ether oxygens (including phenoxy) is 1. The van der Waals surface area contributed by atoms with Gasteiger partial charge in [-0.1, -0.05) is 12.2 Å². The van der Waals surface area contributed by atoms with Crippen LogP contribution < -0.4 is 0 Å². The van der Waals surface area contributed by atoms with Crippen molar-refractivity contribution in [2.45, 2.75) is 32.0 Å². The van der Waals surface area contributed by atoms with Gasteiger partial charge in [-0.05, 0) is 13.8 Å². The molecule has 2 heteroatoms. The fraction of sp³-hybridized carbons (Fsp3) is 0.750. The van der Waals surface area contributed by atoms with Crippen LogP contribution in [0.4, 0.5) is 0 Å². The van der Waals surface area contributed by atoms with Gasteiger partial charge in [0.2, 0.25) is 0 Å². The topological polar surface area (TPSA) is 29.5 Å². The fourth-order valence-corrected chi connectivity index (χ4v) is 1.15. The summed E-state index contributed by atoms with van der Waals surface area (Å²) in [5, 5.41) is 9.61. The van der Waals surface area contributed by atoms with Crippen LogP contribution in [0.25, 0.3) is 0 Å². The van der Waals surface area contributed by atoms with Crippen molar-refractivity contribution in [3.8, 4) is 0 Å². The third-order valence-corrected chi connectivity index (χ3v) is 1.89. The third kappa shape index (κ3) is 1.39. The lowest BCUT2D eigenvalue weighted by Crippen LogP contribution is -2.32. The van der Waals surface area contributed by atoms with Crippen molar-refractivity contribution in [3.63, 3.8) is 0 Å². The summed E-state index contributed by atoms with van der Waals surface area (Å²) < 4.78 is 5.27. The molecule has 58 valence electrons. The van der Waals surface area contributed by atoms with Crippen molar-refractivity contribution in [1.82, 2.24) is 0 Å². The Balaban J connectivity index is 2.59. The first-order valence-electron chi connectivity index (χ1n) is 3.63. The minimum Gasteiger partial charge on any atom is -0.387 e. The molecule has 0 radical (unpaired) electrons. The summed E-state index contributed by atoms with van der Waals surface area (Å²) in [6, 6.07) is 0. The van der Waals surface area contributed by atoms with Crippen LogP contribution in [0.1, 0.15) is 20.3 Å². The zero-order valence-electron chi connectivity index (χ0n) is 6.50. The lowest BCUT2D eigenvalue weighted by Gasteiger charge is -2.20. The highest BCUT2D eigenvalue weighted by molar-refractivity contribution is 5.01. The highest BCUT2D eigenvalue weighted by Crippen LogP contribution is 2.25. The van der Waals surface area contributed by atoms with E-state index < -0.39 is 5.60 Å². The molecule has 10 heavy (non-hydrogen) atoms. The van der Waals surface area contributed by atoms with Crippen molar-refractivity contribution in [1.29, 1.82) is 0 Å². The average molecular weight is 142 g/mol. The van der Waals surface area contributed by atoms with Gasteiger partial charge in [0.15, 0.2) is 0 Å². The molecular weight excluding hydrogens is 128 g/mol. The maximum absolute atomic E-state index is 9.61. The minimum absolute atomic E-state index is 0.0995. The molecule has 1 fully saturated rings. The molecule has 0 aromatic carbocycles. The van der Waals surface area contributed by atoms with Gasteiger partial charge in [-0.2, -0.15) is 0 Å². The monoisotopic (exact) mass is 142 g/mol. The smallest absolute Gasteiger partial charge is 0.104 e. The lowest BCUT2D eigenvalue weighted by atomic mass is 9.98. The third-order valence-electron chi connectivity index (χ3n) is 1.89. The molecule has 0 aromatic rings. The van der Waals surface area contributed by atoms with Gasteiger partial charge < -0.3 is 9.84 Å². The van der Waals surface area contributed by atoms with Crippen LogP contribution in [0.5, 0.6) is 0 Å². The predicted octanol–water partition coefficient (Wildman–Crippen LogP) is 1.10. The number of allylic oxidation sites excluding steroid dienone is 1. The molecule has 0 amide bonds. The highest BCUT2D eigenvalue weighted by atomic mass is 16.5. The SMILES string of the molecule is C/C=C/[C@H]1OCC[C@]1(C)O. The fourth-order valence-electron chi connectivity index (χ4n) is 1.15. The van der Waals surface area contributed by atoms with Gasteiger partial charge in [0.1, 0.15) is 6.10 Å². The summed E-state index contributed by atoms with van der Waals surface area (Å²) in [5.74, 6) is 0. The molecule has 0 aromatic heterocycles. The van der Waals surface area contributed by atoms with Gasteiger partial charge in [0.25, 0.3) is 0 Å². The van der Waals surface area contributed by atoms with E-state index in [0.717, 1.165) is 6.42 Å². The summed E-state index contributed by atoms with van der Waals surface area (Å²) in [4.78, 5) is 0. The van der Waals surface area contributed by atoms with Crippen molar-refractivity contribution >= 4 is 0 Å². The van der Waals surface area contributed by atoms with E-state index in [1.807, 2.05) is 26.0 Å².